The summed E-state index contributed by atoms with van der Waals surface area (Å²) < 4.78 is 41.5. The predicted molar refractivity (Wildman–Crippen MR) is 74.1 cm³/mol. The second-order valence-electron chi connectivity index (χ2n) is 5.83. The Hall–Kier alpha value is -1.49. The van der Waals surface area contributed by atoms with Crippen molar-refractivity contribution in [1.82, 2.24) is 4.90 Å². The molecule has 1 aromatic rings. The highest BCUT2D eigenvalue weighted by molar-refractivity contribution is 5.37. The highest BCUT2D eigenvalue weighted by Gasteiger charge is 2.34. The predicted octanol–water partition coefficient (Wildman–Crippen LogP) is 3.92. The summed E-state index contributed by atoms with van der Waals surface area (Å²) in [6.07, 6.45) is 1.36. The van der Waals surface area contributed by atoms with Crippen molar-refractivity contribution in [2.24, 2.45) is 0 Å². The number of alkyl halides is 3. The van der Waals surface area contributed by atoms with Gasteiger partial charge in [0.25, 0.3) is 0 Å². The zero-order valence-corrected chi connectivity index (χ0v) is 11.9. The minimum atomic E-state index is -4.64. The molecule has 2 aliphatic rings. The summed E-state index contributed by atoms with van der Waals surface area (Å²) in [6.45, 7) is 0. The number of hydrogen-bond donors (Lipinski definition) is 0. The van der Waals surface area contributed by atoms with Crippen LogP contribution in [0.25, 0.3) is 0 Å². The van der Waals surface area contributed by atoms with Gasteiger partial charge >= 0.3 is 6.36 Å². The summed E-state index contributed by atoms with van der Waals surface area (Å²) in [5.41, 5.74) is 1.82. The van der Waals surface area contributed by atoms with E-state index in [2.05, 4.69) is 22.8 Å². The number of hydrogen-bond acceptors (Lipinski definition) is 2. The average Bonchev–Trinajstić information content (AvgIpc) is 2.62. The topological polar surface area (TPSA) is 12.5 Å². The monoisotopic (exact) mass is 297 g/mol. The molecule has 2 bridgehead atoms. The van der Waals surface area contributed by atoms with Crippen LogP contribution < -0.4 is 4.74 Å². The van der Waals surface area contributed by atoms with Gasteiger partial charge in [-0.1, -0.05) is 29.8 Å². The van der Waals surface area contributed by atoms with Gasteiger partial charge in [-0.15, -0.1) is 13.2 Å². The van der Waals surface area contributed by atoms with Crippen LogP contribution in [-0.4, -0.2) is 30.4 Å². The van der Waals surface area contributed by atoms with E-state index in [1.165, 1.54) is 18.1 Å². The molecule has 2 atom stereocenters. The van der Waals surface area contributed by atoms with Gasteiger partial charge in [0.1, 0.15) is 5.75 Å². The summed E-state index contributed by atoms with van der Waals surface area (Å²) in [6, 6.07) is 7.38. The molecule has 5 heteroatoms. The van der Waals surface area contributed by atoms with Gasteiger partial charge in [-0.05, 0) is 44.4 Å². The Bertz CT molecular complexity index is 553. The van der Waals surface area contributed by atoms with Gasteiger partial charge in [-0.2, -0.15) is 0 Å². The third kappa shape index (κ3) is 3.23. The first-order valence-electron chi connectivity index (χ1n) is 7.17. The fourth-order valence-electron chi connectivity index (χ4n) is 3.38. The molecular formula is C16H18F3NO. The van der Waals surface area contributed by atoms with Gasteiger partial charge in [0.2, 0.25) is 0 Å². The number of nitrogens with zero attached hydrogens (tertiary/aromatic N) is 1. The third-order valence-corrected chi connectivity index (χ3v) is 4.44. The molecule has 0 aliphatic carbocycles. The van der Waals surface area contributed by atoms with Crippen LogP contribution in [0.4, 0.5) is 13.2 Å². The van der Waals surface area contributed by atoms with Gasteiger partial charge in [0.15, 0.2) is 0 Å². The first kappa shape index (κ1) is 14.4. The minimum absolute atomic E-state index is 0.0859. The molecule has 0 saturated carbocycles. The van der Waals surface area contributed by atoms with Gasteiger partial charge in [0.05, 0.1) is 0 Å². The summed E-state index contributed by atoms with van der Waals surface area (Å²) in [5, 5.41) is 0. The van der Waals surface area contributed by atoms with Crippen LogP contribution in [0.1, 0.15) is 24.8 Å². The molecule has 2 unspecified atom stereocenters. The van der Waals surface area contributed by atoms with Gasteiger partial charge in [-0.3, -0.25) is 4.90 Å². The molecule has 0 aromatic heterocycles. The maximum absolute atomic E-state index is 12.4. The van der Waals surface area contributed by atoms with E-state index in [9.17, 15) is 13.2 Å². The Morgan fingerprint density at radius 1 is 1.24 bits per heavy atom. The Balaban J connectivity index is 1.78. The van der Waals surface area contributed by atoms with Gasteiger partial charge in [0, 0.05) is 12.1 Å². The van der Waals surface area contributed by atoms with E-state index < -0.39 is 6.36 Å². The van der Waals surface area contributed by atoms with Crippen LogP contribution >= 0.6 is 0 Å². The van der Waals surface area contributed by atoms with E-state index in [0.717, 1.165) is 12.8 Å². The Morgan fingerprint density at radius 3 is 2.71 bits per heavy atom. The number of benzene rings is 1. The highest BCUT2D eigenvalue weighted by atomic mass is 19.4. The first-order valence-corrected chi connectivity index (χ1v) is 7.17. The van der Waals surface area contributed by atoms with Crippen LogP contribution in [0.2, 0.25) is 0 Å². The van der Waals surface area contributed by atoms with Crippen molar-refractivity contribution >= 4 is 0 Å². The minimum Gasteiger partial charge on any atom is -0.405 e. The fraction of sp³-hybridized carbons (Fsp3) is 0.500. The summed E-state index contributed by atoms with van der Waals surface area (Å²) in [4.78, 5) is 2.36. The molecule has 0 amide bonds. The van der Waals surface area contributed by atoms with Crippen molar-refractivity contribution < 1.29 is 17.9 Å². The standard InChI is InChI=1S/C16H18F3NO/c1-20-13-6-7-14(20)10-11(9-13)8-12-4-2-3-5-15(12)21-16(17,18)19/h2-5,9,13-14H,6-8,10H2,1H3. The van der Waals surface area contributed by atoms with Crippen molar-refractivity contribution in [2.75, 3.05) is 7.05 Å². The lowest BCUT2D eigenvalue weighted by molar-refractivity contribution is -0.274. The lowest BCUT2D eigenvalue weighted by atomic mass is 9.95. The average molecular weight is 297 g/mol. The largest absolute Gasteiger partial charge is 0.573 e. The molecular weight excluding hydrogens is 279 g/mol. The van der Waals surface area contributed by atoms with Crippen LogP contribution in [-0.2, 0) is 6.42 Å². The molecule has 2 aliphatic heterocycles. The van der Waals surface area contributed by atoms with Crippen molar-refractivity contribution in [3.8, 4) is 5.75 Å². The van der Waals surface area contributed by atoms with Crippen LogP contribution in [0, 0.1) is 0 Å². The quantitative estimate of drug-likeness (QED) is 0.784. The molecule has 2 nitrogen and oxygen atoms in total. The Kier molecular flexibility index (Phi) is 3.69. The van der Waals surface area contributed by atoms with Crippen LogP contribution in [0.15, 0.2) is 35.9 Å². The number of halogens is 3. The van der Waals surface area contributed by atoms with Crippen LogP contribution in [0.5, 0.6) is 5.75 Å². The molecule has 3 rings (SSSR count). The number of rotatable bonds is 3. The smallest absolute Gasteiger partial charge is 0.405 e. The first-order chi connectivity index (χ1) is 9.92. The Morgan fingerprint density at radius 2 is 2.00 bits per heavy atom. The van der Waals surface area contributed by atoms with Crippen molar-refractivity contribution in [3.05, 3.63) is 41.5 Å². The number of likely N-dealkylation sites (N-methyl/N-ethyl adjacent to an activating group) is 1. The zero-order valence-electron chi connectivity index (χ0n) is 11.9. The molecule has 2 heterocycles. The summed E-state index contributed by atoms with van der Waals surface area (Å²) >= 11 is 0. The van der Waals surface area contributed by atoms with E-state index in [1.54, 1.807) is 18.2 Å². The second-order valence-corrected chi connectivity index (χ2v) is 5.83. The summed E-state index contributed by atoms with van der Waals surface area (Å²) in [7, 11) is 2.12. The molecule has 21 heavy (non-hydrogen) atoms. The molecule has 114 valence electrons. The molecule has 0 spiro atoms. The van der Waals surface area contributed by atoms with Gasteiger partial charge < -0.3 is 4.74 Å². The summed E-state index contributed by atoms with van der Waals surface area (Å²) in [5.74, 6) is -0.0859. The molecule has 0 N–H and O–H groups in total. The third-order valence-electron chi connectivity index (χ3n) is 4.44. The van der Waals surface area contributed by atoms with Crippen molar-refractivity contribution in [3.63, 3.8) is 0 Å². The van der Waals surface area contributed by atoms with E-state index >= 15 is 0 Å². The SMILES string of the molecule is CN1C2C=C(Cc3ccccc3OC(F)(F)F)CC1CC2. The normalized spacial score (nSPS) is 25.8. The maximum Gasteiger partial charge on any atom is 0.573 e. The van der Waals surface area contributed by atoms with E-state index in [1.807, 2.05) is 0 Å². The van der Waals surface area contributed by atoms with Crippen molar-refractivity contribution in [1.29, 1.82) is 0 Å². The molecule has 0 radical (unpaired) electrons. The maximum atomic E-state index is 12.4. The molecule has 1 saturated heterocycles. The number of ether oxygens (including phenoxy) is 1. The highest BCUT2D eigenvalue weighted by Crippen LogP contribution is 2.36. The number of para-hydroxylation sites is 1. The van der Waals surface area contributed by atoms with Crippen molar-refractivity contribution in [2.45, 2.75) is 44.1 Å². The van der Waals surface area contributed by atoms with Crippen LogP contribution in [0.3, 0.4) is 0 Å². The number of fused-ring (bicyclic) bond motifs is 2. The Labute approximate surface area is 122 Å². The second kappa shape index (κ2) is 5.37. The van der Waals surface area contributed by atoms with E-state index in [-0.39, 0.29) is 5.75 Å². The molecule has 1 fully saturated rings. The zero-order chi connectivity index (χ0) is 15.0. The lowest BCUT2D eigenvalue weighted by Gasteiger charge is -2.30. The van der Waals surface area contributed by atoms with E-state index in [4.69, 9.17) is 0 Å². The van der Waals surface area contributed by atoms with E-state index in [0.29, 0.717) is 24.1 Å². The fourth-order valence-corrected chi connectivity index (χ4v) is 3.38. The molecule has 1 aromatic carbocycles. The lowest BCUT2D eigenvalue weighted by Crippen LogP contribution is -2.35. The van der Waals surface area contributed by atoms with Gasteiger partial charge in [-0.25, -0.2) is 0 Å².